The number of rotatable bonds is 3. The van der Waals surface area contributed by atoms with Crippen LogP contribution in [0.4, 0.5) is 0 Å². The third kappa shape index (κ3) is 3.68. The first-order valence-electron chi connectivity index (χ1n) is 7.43. The van der Waals surface area contributed by atoms with E-state index in [-0.39, 0.29) is 11.9 Å². The van der Waals surface area contributed by atoms with Crippen molar-refractivity contribution in [2.45, 2.75) is 57.2 Å². The van der Waals surface area contributed by atoms with E-state index in [0.29, 0.717) is 32.1 Å². The molecule has 19 heavy (non-hydrogen) atoms. The largest absolute Gasteiger partial charge is 0.381 e. The Morgan fingerprint density at radius 1 is 1.32 bits per heavy atom. The Kier molecular flexibility index (Phi) is 4.81. The number of carbonyl (C=O) groups is 1. The number of amides is 1. The van der Waals surface area contributed by atoms with Crippen molar-refractivity contribution in [3.8, 4) is 0 Å². The van der Waals surface area contributed by atoms with Gasteiger partial charge in [0.2, 0.25) is 5.91 Å². The number of nitrogens with one attached hydrogen (secondary N) is 1. The molecule has 0 atom stereocenters. The number of nitrogens with zero attached hydrogens (tertiary/aromatic N) is 1. The molecular formula is C14H27N3O2. The number of hydrogen-bond acceptors (Lipinski definition) is 4. The van der Waals surface area contributed by atoms with Gasteiger partial charge in [-0.05, 0) is 39.5 Å². The van der Waals surface area contributed by atoms with Crippen LogP contribution >= 0.6 is 0 Å². The second-order valence-corrected chi connectivity index (χ2v) is 6.15. The van der Waals surface area contributed by atoms with E-state index in [1.54, 1.807) is 0 Å². The van der Waals surface area contributed by atoms with E-state index in [4.69, 9.17) is 10.5 Å². The van der Waals surface area contributed by atoms with Gasteiger partial charge >= 0.3 is 0 Å². The molecule has 2 aliphatic rings. The fraction of sp³-hybridized carbons (Fsp3) is 0.929. The Balaban J connectivity index is 1.80. The highest BCUT2D eigenvalue weighted by molar-refractivity contribution is 5.86. The summed E-state index contributed by atoms with van der Waals surface area (Å²) in [6.07, 6.45) is 3.31. The first kappa shape index (κ1) is 14.8. The molecule has 0 saturated carbocycles. The lowest BCUT2D eigenvalue weighted by Crippen LogP contribution is -2.59. The van der Waals surface area contributed by atoms with Crippen molar-refractivity contribution < 1.29 is 9.53 Å². The van der Waals surface area contributed by atoms with Crippen LogP contribution in [0.25, 0.3) is 0 Å². The Morgan fingerprint density at radius 3 is 2.42 bits per heavy atom. The lowest BCUT2D eigenvalue weighted by molar-refractivity contribution is -0.130. The minimum atomic E-state index is -0.715. The summed E-state index contributed by atoms with van der Waals surface area (Å²) in [6.45, 7) is 7.74. The Hall–Kier alpha value is -0.650. The van der Waals surface area contributed by atoms with Crippen LogP contribution in [0.1, 0.15) is 39.5 Å². The number of hydrogen-bond donors (Lipinski definition) is 2. The predicted octanol–water partition coefficient (Wildman–Crippen LogP) is 0.483. The van der Waals surface area contributed by atoms with Crippen LogP contribution in [0.15, 0.2) is 0 Å². The van der Waals surface area contributed by atoms with Gasteiger partial charge in [-0.2, -0.15) is 0 Å². The van der Waals surface area contributed by atoms with Crippen molar-refractivity contribution in [3.05, 3.63) is 0 Å². The van der Waals surface area contributed by atoms with E-state index in [1.165, 1.54) is 0 Å². The van der Waals surface area contributed by atoms with Gasteiger partial charge in [0.15, 0.2) is 0 Å². The molecule has 5 nitrogen and oxygen atoms in total. The van der Waals surface area contributed by atoms with E-state index >= 15 is 0 Å². The van der Waals surface area contributed by atoms with E-state index in [1.807, 2.05) is 0 Å². The lowest BCUT2D eigenvalue weighted by Gasteiger charge is -2.37. The summed E-state index contributed by atoms with van der Waals surface area (Å²) in [7, 11) is 0. The summed E-state index contributed by atoms with van der Waals surface area (Å²) < 4.78 is 5.28. The molecule has 0 aliphatic carbocycles. The monoisotopic (exact) mass is 269 g/mol. The zero-order chi connectivity index (χ0) is 13.9. The Labute approximate surface area is 115 Å². The van der Waals surface area contributed by atoms with Gasteiger partial charge in [0.1, 0.15) is 0 Å². The maximum Gasteiger partial charge on any atom is 0.240 e. The zero-order valence-electron chi connectivity index (χ0n) is 12.2. The standard InChI is InChI=1S/C14H27N3O2/c1-11(2)17-7-3-12(4-8-17)16-13(18)14(15)5-9-19-10-6-14/h11-12H,3-10,15H2,1-2H3,(H,16,18). The molecule has 0 unspecified atom stereocenters. The molecule has 0 radical (unpaired) electrons. The summed E-state index contributed by atoms with van der Waals surface area (Å²) in [5, 5.41) is 3.14. The minimum absolute atomic E-state index is 0.0128. The second kappa shape index (κ2) is 6.20. The molecule has 0 aromatic heterocycles. The molecule has 110 valence electrons. The molecule has 0 aromatic rings. The molecule has 3 N–H and O–H groups in total. The van der Waals surface area contributed by atoms with Crippen molar-refractivity contribution in [2.24, 2.45) is 5.73 Å². The normalized spacial score (nSPS) is 25.5. The number of carbonyl (C=O) groups excluding carboxylic acids is 1. The fourth-order valence-electron chi connectivity index (χ4n) is 2.85. The van der Waals surface area contributed by atoms with Crippen molar-refractivity contribution in [1.82, 2.24) is 10.2 Å². The average molecular weight is 269 g/mol. The van der Waals surface area contributed by atoms with Gasteiger partial charge in [-0.1, -0.05) is 0 Å². The van der Waals surface area contributed by atoms with Crippen molar-refractivity contribution in [1.29, 1.82) is 0 Å². The second-order valence-electron chi connectivity index (χ2n) is 6.15. The van der Waals surface area contributed by atoms with Crippen molar-refractivity contribution in [3.63, 3.8) is 0 Å². The van der Waals surface area contributed by atoms with Crippen LogP contribution in [0, 0.1) is 0 Å². The molecule has 5 heteroatoms. The molecule has 0 bridgehead atoms. The molecule has 2 heterocycles. The lowest BCUT2D eigenvalue weighted by atomic mass is 9.89. The molecular weight excluding hydrogens is 242 g/mol. The predicted molar refractivity (Wildman–Crippen MR) is 74.8 cm³/mol. The number of nitrogens with two attached hydrogens (primary N) is 1. The van der Waals surface area contributed by atoms with Crippen molar-refractivity contribution >= 4 is 5.91 Å². The van der Waals surface area contributed by atoms with Gasteiger partial charge in [0.25, 0.3) is 0 Å². The van der Waals surface area contributed by atoms with Crippen LogP contribution in [0.3, 0.4) is 0 Å². The molecule has 2 rings (SSSR count). The van der Waals surface area contributed by atoms with Crippen LogP contribution in [-0.2, 0) is 9.53 Å². The van der Waals surface area contributed by atoms with Crippen LogP contribution in [0.2, 0.25) is 0 Å². The van der Waals surface area contributed by atoms with Gasteiger partial charge in [-0.15, -0.1) is 0 Å². The molecule has 0 spiro atoms. The molecule has 2 saturated heterocycles. The van der Waals surface area contributed by atoms with Gasteiger partial charge in [0, 0.05) is 38.4 Å². The molecule has 1 amide bonds. The Morgan fingerprint density at radius 2 is 1.89 bits per heavy atom. The maximum atomic E-state index is 12.3. The van der Waals surface area contributed by atoms with Crippen LogP contribution < -0.4 is 11.1 Å². The summed E-state index contributed by atoms with van der Waals surface area (Å²) in [4.78, 5) is 14.8. The first-order chi connectivity index (χ1) is 9.01. The highest BCUT2D eigenvalue weighted by Gasteiger charge is 2.37. The third-order valence-corrected chi connectivity index (χ3v) is 4.43. The number of likely N-dealkylation sites (tertiary alicyclic amines) is 1. The van der Waals surface area contributed by atoms with Gasteiger partial charge in [-0.25, -0.2) is 0 Å². The van der Waals surface area contributed by atoms with E-state index in [2.05, 4.69) is 24.1 Å². The maximum absolute atomic E-state index is 12.3. The minimum Gasteiger partial charge on any atom is -0.381 e. The smallest absolute Gasteiger partial charge is 0.240 e. The zero-order valence-corrected chi connectivity index (χ0v) is 12.2. The average Bonchev–Trinajstić information content (AvgIpc) is 2.40. The Bertz CT molecular complexity index is 306. The summed E-state index contributed by atoms with van der Waals surface area (Å²) in [5.74, 6) is 0.0128. The molecule has 0 aromatic carbocycles. The van der Waals surface area contributed by atoms with Gasteiger partial charge in [-0.3, -0.25) is 4.79 Å². The van der Waals surface area contributed by atoms with Crippen LogP contribution in [0.5, 0.6) is 0 Å². The summed E-state index contributed by atoms with van der Waals surface area (Å²) in [5.41, 5.74) is 5.48. The van der Waals surface area contributed by atoms with Gasteiger partial charge < -0.3 is 20.7 Å². The van der Waals surface area contributed by atoms with Crippen LogP contribution in [-0.4, -0.2) is 54.7 Å². The topological polar surface area (TPSA) is 67.6 Å². The fourth-order valence-corrected chi connectivity index (χ4v) is 2.85. The number of piperidine rings is 1. The summed E-state index contributed by atoms with van der Waals surface area (Å²) >= 11 is 0. The van der Waals surface area contributed by atoms with Gasteiger partial charge in [0.05, 0.1) is 5.54 Å². The highest BCUT2D eigenvalue weighted by atomic mass is 16.5. The first-order valence-corrected chi connectivity index (χ1v) is 7.43. The molecule has 2 aliphatic heterocycles. The van der Waals surface area contributed by atoms with E-state index in [0.717, 1.165) is 25.9 Å². The number of ether oxygens (including phenoxy) is 1. The molecule has 2 fully saturated rings. The van der Waals surface area contributed by atoms with E-state index < -0.39 is 5.54 Å². The SMILES string of the molecule is CC(C)N1CCC(NC(=O)C2(N)CCOCC2)CC1. The van der Waals surface area contributed by atoms with E-state index in [9.17, 15) is 4.79 Å². The quantitative estimate of drug-likeness (QED) is 0.782. The highest BCUT2D eigenvalue weighted by Crippen LogP contribution is 2.19. The summed E-state index contributed by atoms with van der Waals surface area (Å²) in [6, 6.07) is 0.874. The third-order valence-electron chi connectivity index (χ3n) is 4.43. The van der Waals surface area contributed by atoms with Crippen molar-refractivity contribution in [2.75, 3.05) is 26.3 Å².